The van der Waals surface area contributed by atoms with Crippen LogP contribution in [0.3, 0.4) is 0 Å². The summed E-state index contributed by atoms with van der Waals surface area (Å²) in [5, 5.41) is 10.3. The molecular weight excluding hydrogens is 259 g/mol. The summed E-state index contributed by atoms with van der Waals surface area (Å²) >= 11 is 0. The summed E-state index contributed by atoms with van der Waals surface area (Å²) in [6.45, 7) is 1.91. The van der Waals surface area contributed by atoms with E-state index in [-0.39, 0.29) is 12.4 Å². The van der Waals surface area contributed by atoms with Gasteiger partial charge in [0, 0.05) is 0 Å². The van der Waals surface area contributed by atoms with Crippen LogP contribution >= 0.6 is 0 Å². The van der Waals surface area contributed by atoms with Crippen LogP contribution in [0.2, 0.25) is 0 Å². The fourth-order valence-corrected chi connectivity index (χ4v) is 2.20. The Morgan fingerprint density at radius 2 is 1.95 bits per heavy atom. The third-order valence-electron chi connectivity index (χ3n) is 3.42. The van der Waals surface area contributed by atoms with Crippen molar-refractivity contribution in [3.05, 3.63) is 59.4 Å². The van der Waals surface area contributed by atoms with Crippen LogP contribution in [0.4, 0.5) is 4.39 Å². The maximum absolute atomic E-state index is 13.6. The highest BCUT2D eigenvalue weighted by molar-refractivity contribution is 5.41. The van der Waals surface area contributed by atoms with Crippen molar-refractivity contribution < 1.29 is 19.0 Å². The second-order valence-electron chi connectivity index (χ2n) is 4.87. The number of rotatable bonds is 2. The van der Waals surface area contributed by atoms with Crippen molar-refractivity contribution >= 4 is 0 Å². The van der Waals surface area contributed by atoms with Crippen LogP contribution in [0.5, 0.6) is 11.5 Å². The van der Waals surface area contributed by atoms with E-state index in [2.05, 4.69) is 0 Å². The molecule has 20 heavy (non-hydrogen) atoms. The van der Waals surface area contributed by atoms with Crippen LogP contribution in [0.1, 0.15) is 17.2 Å². The van der Waals surface area contributed by atoms with E-state index in [1.165, 1.54) is 6.07 Å². The molecule has 0 saturated heterocycles. The molecule has 4 heteroatoms. The first-order valence-electron chi connectivity index (χ1n) is 6.48. The van der Waals surface area contributed by atoms with Gasteiger partial charge in [0.15, 0.2) is 17.6 Å². The van der Waals surface area contributed by atoms with Gasteiger partial charge in [-0.2, -0.15) is 0 Å². The Morgan fingerprint density at radius 1 is 1.20 bits per heavy atom. The van der Waals surface area contributed by atoms with Crippen molar-refractivity contribution in [3.8, 4) is 11.5 Å². The van der Waals surface area contributed by atoms with E-state index in [0.29, 0.717) is 22.6 Å². The molecule has 2 unspecified atom stereocenters. The van der Waals surface area contributed by atoms with Crippen LogP contribution in [-0.2, 0) is 0 Å². The highest BCUT2D eigenvalue weighted by Gasteiger charge is 2.28. The van der Waals surface area contributed by atoms with Crippen LogP contribution < -0.4 is 9.47 Å². The molecule has 3 rings (SSSR count). The van der Waals surface area contributed by atoms with E-state index in [4.69, 9.17) is 9.47 Å². The molecule has 104 valence electrons. The number of benzene rings is 2. The van der Waals surface area contributed by atoms with E-state index in [1.54, 1.807) is 25.1 Å². The second-order valence-corrected chi connectivity index (χ2v) is 4.87. The summed E-state index contributed by atoms with van der Waals surface area (Å²) in [6, 6.07) is 12.0. The molecule has 2 aromatic rings. The van der Waals surface area contributed by atoms with E-state index in [0.717, 1.165) is 0 Å². The van der Waals surface area contributed by atoms with Crippen molar-refractivity contribution in [1.82, 2.24) is 0 Å². The average molecular weight is 274 g/mol. The predicted octanol–water partition coefficient (Wildman–Crippen LogP) is 3.01. The molecule has 0 fully saturated rings. The zero-order valence-corrected chi connectivity index (χ0v) is 11.0. The Hall–Kier alpha value is -2.07. The van der Waals surface area contributed by atoms with E-state index >= 15 is 0 Å². The van der Waals surface area contributed by atoms with Crippen molar-refractivity contribution in [1.29, 1.82) is 0 Å². The Bertz CT molecular complexity index is 627. The molecule has 3 nitrogen and oxygen atoms in total. The monoisotopic (exact) mass is 274 g/mol. The molecule has 0 amide bonds. The summed E-state index contributed by atoms with van der Waals surface area (Å²) < 4.78 is 24.8. The number of aryl methyl sites for hydroxylation is 1. The first-order valence-corrected chi connectivity index (χ1v) is 6.48. The molecule has 1 N–H and O–H groups in total. The summed E-state index contributed by atoms with van der Waals surface area (Å²) in [4.78, 5) is 0. The molecule has 0 bridgehead atoms. The van der Waals surface area contributed by atoms with Gasteiger partial charge in [0.1, 0.15) is 18.5 Å². The van der Waals surface area contributed by atoms with Gasteiger partial charge in [-0.3, -0.25) is 0 Å². The maximum Gasteiger partial charge on any atom is 0.163 e. The zero-order valence-electron chi connectivity index (χ0n) is 11.0. The smallest absolute Gasteiger partial charge is 0.163 e. The van der Waals surface area contributed by atoms with Crippen molar-refractivity contribution in [2.45, 2.75) is 19.1 Å². The van der Waals surface area contributed by atoms with Gasteiger partial charge in [0.2, 0.25) is 0 Å². The molecular formula is C16H15FO3. The molecule has 1 heterocycles. The van der Waals surface area contributed by atoms with Gasteiger partial charge in [0.25, 0.3) is 0 Å². The van der Waals surface area contributed by atoms with E-state index in [1.807, 2.05) is 18.2 Å². The van der Waals surface area contributed by atoms with Crippen LogP contribution in [0.15, 0.2) is 42.5 Å². The third kappa shape index (κ3) is 2.34. The van der Waals surface area contributed by atoms with Gasteiger partial charge in [0.05, 0.1) is 0 Å². The van der Waals surface area contributed by atoms with Crippen LogP contribution in [0, 0.1) is 12.7 Å². The topological polar surface area (TPSA) is 38.7 Å². The van der Waals surface area contributed by atoms with Crippen LogP contribution in [-0.4, -0.2) is 17.8 Å². The quantitative estimate of drug-likeness (QED) is 0.915. The highest BCUT2D eigenvalue weighted by Crippen LogP contribution is 2.34. The van der Waals surface area contributed by atoms with Crippen LogP contribution in [0.25, 0.3) is 0 Å². The van der Waals surface area contributed by atoms with Gasteiger partial charge >= 0.3 is 0 Å². The number of fused-ring (bicyclic) bond motifs is 1. The van der Waals surface area contributed by atoms with E-state index < -0.39 is 12.2 Å². The van der Waals surface area contributed by atoms with Gasteiger partial charge < -0.3 is 14.6 Å². The number of aliphatic hydroxyl groups excluding tert-OH is 1. The number of hydrogen-bond acceptors (Lipinski definition) is 3. The zero-order chi connectivity index (χ0) is 14.1. The van der Waals surface area contributed by atoms with Crippen molar-refractivity contribution in [2.75, 3.05) is 6.61 Å². The Labute approximate surface area is 116 Å². The summed E-state index contributed by atoms with van der Waals surface area (Å²) in [5.74, 6) is 0.917. The molecule has 0 aromatic heterocycles. The molecule has 0 spiro atoms. The summed E-state index contributed by atoms with van der Waals surface area (Å²) in [5.41, 5.74) is 1.04. The third-order valence-corrected chi connectivity index (χ3v) is 3.42. The van der Waals surface area contributed by atoms with E-state index in [9.17, 15) is 9.50 Å². The summed E-state index contributed by atoms with van der Waals surface area (Å²) in [7, 11) is 0. The molecule has 1 aliphatic rings. The lowest BCUT2D eigenvalue weighted by Gasteiger charge is -2.29. The first kappa shape index (κ1) is 12.9. The largest absolute Gasteiger partial charge is 0.486 e. The maximum atomic E-state index is 13.6. The number of para-hydroxylation sites is 2. The normalized spacial score (nSPS) is 18.6. The lowest BCUT2D eigenvalue weighted by molar-refractivity contribution is -0.0114. The summed E-state index contributed by atoms with van der Waals surface area (Å²) in [6.07, 6.45) is -1.48. The fourth-order valence-electron chi connectivity index (χ4n) is 2.20. The number of hydrogen-bond donors (Lipinski definition) is 1. The molecule has 0 radical (unpaired) electrons. The molecule has 1 aliphatic heterocycles. The average Bonchev–Trinajstić information content (AvgIpc) is 2.49. The Morgan fingerprint density at radius 3 is 2.70 bits per heavy atom. The highest BCUT2D eigenvalue weighted by atomic mass is 19.1. The van der Waals surface area contributed by atoms with Crippen molar-refractivity contribution in [3.63, 3.8) is 0 Å². The van der Waals surface area contributed by atoms with Crippen molar-refractivity contribution in [2.24, 2.45) is 0 Å². The van der Waals surface area contributed by atoms with Gasteiger partial charge in [-0.05, 0) is 36.2 Å². The van der Waals surface area contributed by atoms with Gasteiger partial charge in [-0.15, -0.1) is 0 Å². The Balaban J connectivity index is 1.82. The molecule has 2 atom stereocenters. The minimum atomic E-state index is -0.932. The minimum absolute atomic E-state index is 0.230. The lowest BCUT2D eigenvalue weighted by atomic mass is 10.0. The van der Waals surface area contributed by atoms with Gasteiger partial charge in [-0.25, -0.2) is 4.39 Å². The lowest BCUT2D eigenvalue weighted by Crippen LogP contribution is -2.34. The molecule has 0 aliphatic carbocycles. The Kier molecular flexibility index (Phi) is 3.32. The number of aliphatic hydroxyl groups is 1. The number of ether oxygens (including phenoxy) is 2. The molecule has 2 aromatic carbocycles. The SMILES string of the molecule is Cc1ccc(C(O)C2COc3ccccc3O2)cc1F. The molecule has 0 saturated carbocycles. The fraction of sp³-hybridized carbons (Fsp3) is 0.250. The number of halogens is 1. The first-order chi connectivity index (χ1) is 9.65. The standard InChI is InChI=1S/C16H15FO3/c1-10-6-7-11(8-12(10)17)16(18)15-9-19-13-4-2-3-5-14(13)20-15/h2-8,15-16,18H,9H2,1H3. The minimum Gasteiger partial charge on any atom is -0.486 e. The predicted molar refractivity (Wildman–Crippen MR) is 72.4 cm³/mol. The van der Waals surface area contributed by atoms with Gasteiger partial charge in [-0.1, -0.05) is 24.3 Å². The second kappa shape index (κ2) is 5.13.